The first-order valence-electron chi connectivity index (χ1n) is 12.9. The summed E-state index contributed by atoms with van der Waals surface area (Å²) in [6.07, 6.45) is 3.11. The molecule has 1 unspecified atom stereocenters. The lowest BCUT2D eigenvalue weighted by Gasteiger charge is -2.29. The minimum absolute atomic E-state index is 0.168. The number of sulfonamides is 1. The molecule has 3 aromatic carbocycles. The number of ether oxygens (including phenoxy) is 2. The summed E-state index contributed by atoms with van der Waals surface area (Å²) in [7, 11) is -4.60. The molecule has 0 aliphatic heterocycles. The molecule has 1 aromatic heterocycles. The van der Waals surface area contributed by atoms with Crippen LogP contribution >= 0.6 is 0 Å². The van der Waals surface area contributed by atoms with Gasteiger partial charge < -0.3 is 19.7 Å². The van der Waals surface area contributed by atoms with Crippen LogP contribution in [0, 0.1) is 0 Å². The molecule has 4 aromatic rings. The molecule has 0 radical (unpaired) electrons. The number of pyridine rings is 1. The van der Waals surface area contributed by atoms with Crippen molar-refractivity contribution in [3.63, 3.8) is 0 Å². The van der Waals surface area contributed by atoms with E-state index >= 15 is 0 Å². The van der Waals surface area contributed by atoms with Gasteiger partial charge in [-0.15, -0.1) is 0 Å². The lowest BCUT2D eigenvalue weighted by atomic mass is 10.0. The fraction of sp³-hybridized carbons (Fsp3) is 0.207. The minimum Gasteiger partial charge on any atom is -0.507 e. The number of hydrazine groups is 1. The van der Waals surface area contributed by atoms with Gasteiger partial charge in [-0.05, 0) is 80.3 Å². The normalized spacial score (nSPS) is 12.1. The number of aromatic hydroxyl groups is 1. The number of aromatic nitrogens is 1. The van der Waals surface area contributed by atoms with E-state index in [9.17, 15) is 28.2 Å². The molecule has 42 heavy (non-hydrogen) atoms. The van der Waals surface area contributed by atoms with E-state index in [1.165, 1.54) is 0 Å². The van der Waals surface area contributed by atoms with E-state index in [2.05, 4.69) is 4.98 Å². The Morgan fingerprint density at radius 1 is 1.02 bits per heavy atom. The first-order valence-corrected chi connectivity index (χ1v) is 14.3. The molecular weight excluding hydrogens is 564 g/mol. The Bertz CT molecular complexity index is 1740. The van der Waals surface area contributed by atoms with E-state index in [-0.39, 0.29) is 11.7 Å². The SMILES string of the molecule is CCOc1cc(C(C(=O)NS(=O)(=O)c2ccc(O)c(C(=O)O)c2)N(N)c2ccc3cnccc3c2)ccc1OC(C)C. The fourth-order valence-electron chi connectivity index (χ4n) is 4.23. The quantitative estimate of drug-likeness (QED) is 0.147. The molecule has 4 rings (SSSR count). The van der Waals surface area contributed by atoms with Crippen LogP contribution in [0.15, 0.2) is 78.0 Å². The molecule has 12 nitrogen and oxygen atoms in total. The van der Waals surface area contributed by atoms with Crippen molar-refractivity contribution in [3.05, 3.63) is 84.2 Å². The van der Waals surface area contributed by atoms with Crippen molar-refractivity contribution in [1.82, 2.24) is 9.71 Å². The molecular formula is C29H30N4O8S. The molecule has 1 amide bonds. The van der Waals surface area contributed by atoms with Crippen molar-refractivity contribution in [3.8, 4) is 17.2 Å². The van der Waals surface area contributed by atoms with Crippen molar-refractivity contribution in [2.24, 2.45) is 5.84 Å². The van der Waals surface area contributed by atoms with Crippen LogP contribution in [0.2, 0.25) is 0 Å². The van der Waals surface area contributed by atoms with Crippen LogP contribution in [0.5, 0.6) is 17.2 Å². The summed E-state index contributed by atoms with van der Waals surface area (Å²) in [5.41, 5.74) is 0.0381. The minimum atomic E-state index is -4.60. The third-order valence-electron chi connectivity index (χ3n) is 6.14. The molecule has 0 saturated heterocycles. The molecule has 0 fully saturated rings. The number of nitrogens with zero attached hydrogens (tertiary/aromatic N) is 2. The van der Waals surface area contributed by atoms with Gasteiger partial charge in [0.1, 0.15) is 17.4 Å². The largest absolute Gasteiger partial charge is 0.507 e. The third-order valence-corrected chi connectivity index (χ3v) is 7.48. The van der Waals surface area contributed by atoms with Crippen LogP contribution < -0.4 is 25.0 Å². The fourth-order valence-corrected chi connectivity index (χ4v) is 5.25. The number of carboxylic acids is 1. The monoisotopic (exact) mass is 594 g/mol. The molecule has 1 atom stereocenters. The Hall–Kier alpha value is -4.88. The maximum atomic E-state index is 13.8. The zero-order valence-electron chi connectivity index (χ0n) is 23.0. The average Bonchev–Trinajstić information content (AvgIpc) is 2.93. The van der Waals surface area contributed by atoms with Crippen molar-refractivity contribution in [2.45, 2.75) is 37.8 Å². The maximum Gasteiger partial charge on any atom is 0.339 e. The molecule has 0 spiro atoms. The summed E-state index contributed by atoms with van der Waals surface area (Å²) >= 11 is 0. The summed E-state index contributed by atoms with van der Waals surface area (Å²) in [5.74, 6) is 4.08. The molecule has 220 valence electrons. The van der Waals surface area contributed by atoms with Gasteiger partial charge in [-0.1, -0.05) is 12.1 Å². The summed E-state index contributed by atoms with van der Waals surface area (Å²) in [6.45, 7) is 5.77. The van der Waals surface area contributed by atoms with Crippen LogP contribution in [-0.2, 0) is 14.8 Å². The van der Waals surface area contributed by atoms with Gasteiger partial charge in [0, 0.05) is 17.8 Å². The Balaban J connectivity index is 1.79. The van der Waals surface area contributed by atoms with Crippen LogP contribution in [0.25, 0.3) is 10.8 Å². The Morgan fingerprint density at radius 3 is 2.48 bits per heavy atom. The second kappa shape index (κ2) is 12.3. The standard InChI is InChI=1S/C29H30N4O8S/c1-4-40-26-14-19(6-10-25(26)41-17(2)3)27(33(30)21-7-5-20-16-31-12-11-18(20)13-21)28(35)32-42(38,39)22-8-9-24(34)23(15-22)29(36)37/h5-17,27,34H,4,30H2,1-3H3,(H,32,35)(H,36,37). The first kappa shape index (κ1) is 30.1. The van der Waals surface area contributed by atoms with Crippen LogP contribution in [-0.4, -0.2) is 48.2 Å². The summed E-state index contributed by atoms with van der Waals surface area (Å²) in [5, 5.41) is 21.8. The van der Waals surface area contributed by atoms with Gasteiger partial charge >= 0.3 is 5.97 Å². The predicted molar refractivity (Wildman–Crippen MR) is 155 cm³/mol. The smallest absolute Gasteiger partial charge is 0.339 e. The van der Waals surface area contributed by atoms with E-state index in [0.29, 0.717) is 23.8 Å². The highest BCUT2D eigenvalue weighted by Crippen LogP contribution is 2.35. The number of nitrogens with two attached hydrogens (primary N) is 1. The van der Waals surface area contributed by atoms with Crippen molar-refractivity contribution in [1.29, 1.82) is 0 Å². The van der Waals surface area contributed by atoms with Crippen molar-refractivity contribution >= 4 is 38.4 Å². The number of anilines is 1. The zero-order valence-corrected chi connectivity index (χ0v) is 23.8. The van der Waals surface area contributed by atoms with Crippen LogP contribution in [0.1, 0.15) is 42.7 Å². The van der Waals surface area contributed by atoms with E-state index in [0.717, 1.165) is 34.0 Å². The second-order valence-corrected chi connectivity index (χ2v) is 11.2. The highest BCUT2D eigenvalue weighted by molar-refractivity contribution is 7.90. The van der Waals surface area contributed by atoms with Gasteiger partial charge in [-0.2, -0.15) is 0 Å². The van der Waals surface area contributed by atoms with Gasteiger partial charge in [0.25, 0.3) is 15.9 Å². The summed E-state index contributed by atoms with van der Waals surface area (Å²) in [4.78, 5) is 28.8. The Labute approximate surface area is 242 Å². The van der Waals surface area contributed by atoms with Gasteiger partial charge in [-0.3, -0.25) is 14.8 Å². The Morgan fingerprint density at radius 2 is 1.79 bits per heavy atom. The number of nitrogens with one attached hydrogen (secondary N) is 1. The highest BCUT2D eigenvalue weighted by Gasteiger charge is 2.32. The van der Waals surface area contributed by atoms with E-state index in [4.69, 9.17) is 15.3 Å². The number of carbonyl (C=O) groups is 2. The van der Waals surface area contributed by atoms with Gasteiger partial charge in [0.15, 0.2) is 11.5 Å². The van der Waals surface area contributed by atoms with Gasteiger partial charge in [0.05, 0.1) is 23.3 Å². The predicted octanol–water partition coefficient (Wildman–Crippen LogP) is 3.75. The maximum absolute atomic E-state index is 13.8. The van der Waals surface area contributed by atoms with E-state index in [1.54, 1.807) is 61.8 Å². The molecule has 1 heterocycles. The van der Waals surface area contributed by atoms with Gasteiger partial charge in [-0.25, -0.2) is 23.8 Å². The Kier molecular flexibility index (Phi) is 8.83. The lowest BCUT2D eigenvalue weighted by Crippen LogP contribution is -2.46. The topological polar surface area (TPSA) is 181 Å². The number of hydrogen-bond acceptors (Lipinski definition) is 10. The van der Waals surface area contributed by atoms with Crippen molar-refractivity contribution in [2.75, 3.05) is 11.6 Å². The molecule has 5 N–H and O–H groups in total. The highest BCUT2D eigenvalue weighted by atomic mass is 32.2. The lowest BCUT2D eigenvalue weighted by molar-refractivity contribution is -0.120. The first-order chi connectivity index (χ1) is 19.9. The third kappa shape index (κ3) is 6.53. The van der Waals surface area contributed by atoms with Crippen LogP contribution in [0.4, 0.5) is 5.69 Å². The molecule has 0 bridgehead atoms. The number of hydrogen-bond donors (Lipinski definition) is 4. The number of fused-ring (bicyclic) bond motifs is 1. The number of amides is 1. The number of benzene rings is 3. The molecule has 13 heteroatoms. The molecule has 0 aliphatic carbocycles. The molecule has 0 saturated carbocycles. The number of carbonyl (C=O) groups excluding carboxylic acids is 1. The van der Waals surface area contributed by atoms with E-state index in [1.807, 2.05) is 18.6 Å². The molecule has 0 aliphatic rings. The number of rotatable bonds is 11. The average molecular weight is 595 g/mol. The number of phenols is 1. The second-order valence-electron chi connectivity index (χ2n) is 9.48. The summed E-state index contributed by atoms with van der Waals surface area (Å²) in [6, 6.07) is 12.9. The van der Waals surface area contributed by atoms with Crippen LogP contribution in [0.3, 0.4) is 0 Å². The van der Waals surface area contributed by atoms with Crippen molar-refractivity contribution < 1.29 is 37.7 Å². The zero-order chi connectivity index (χ0) is 30.6. The number of aromatic carboxylic acids is 1. The van der Waals surface area contributed by atoms with E-state index < -0.39 is 44.2 Å². The summed E-state index contributed by atoms with van der Waals surface area (Å²) < 4.78 is 40.0. The van der Waals surface area contributed by atoms with Gasteiger partial charge in [0.2, 0.25) is 0 Å². The number of carboxylic acid groups (broad SMARTS) is 1.